The summed E-state index contributed by atoms with van der Waals surface area (Å²) in [5, 5.41) is 12.9. The first-order valence-electron chi connectivity index (χ1n) is 12.6. The molecule has 3 aromatic carbocycles. The third-order valence-electron chi connectivity index (χ3n) is 6.74. The molecule has 1 N–H and O–H groups in total. The minimum absolute atomic E-state index is 0.162. The van der Waals surface area contributed by atoms with Crippen LogP contribution in [0.15, 0.2) is 83.8 Å². The van der Waals surface area contributed by atoms with Crippen molar-refractivity contribution in [2.45, 2.75) is 55.9 Å². The highest BCUT2D eigenvalue weighted by Crippen LogP contribution is 2.45. The summed E-state index contributed by atoms with van der Waals surface area (Å²) >= 11 is 12.6. The number of benzene rings is 3. The second-order valence-corrected chi connectivity index (χ2v) is 12.2. The zero-order chi connectivity index (χ0) is 27.2. The molecule has 1 aliphatic heterocycles. The molecule has 1 aliphatic rings. The summed E-state index contributed by atoms with van der Waals surface area (Å²) in [6, 6.07) is 24.3. The maximum atomic E-state index is 14.0. The van der Waals surface area contributed by atoms with E-state index in [2.05, 4.69) is 24.4 Å². The minimum Gasteiger partial charge on any atom is -0.481 e. The third-order valence-corrected chi connectivity index (χ3v) is 9.42. The SMILES string of the molecule is C/C=S(\CC(CC)N1C(=O)C(CC(=O)O)OC(c2cccc(Cl)c2)[C@H]1c1ccc(Cl)cc1)c1ccccc1. The number of carboxylic acid groups (broad SMARTS) is 1. The van der Waals surface area contributed by atoms with Crippen LogP contribution in [0.2, 0.25) is 10.0 Å². The molecule has 1 saturated heterocycles. The van der Waals surface area contributed by atoms with Gasteiger partial charge in [0.25, 0.3) is 5.91 Å². The molecule has 0 aromatic heterocycles. The smallest absolute Gasteiger partial charge is 0.306 e. The average Bonchev–Trinajstić information content (AvgIpc) is 2.91. The van der Waals surface area contributed by atoms with Crippen LogP contribution in [0.25, 0.3) is 0 Å². The Morgan fingerprint density at radius 1 is 1.03 bits per heavy atom. The first kappa shape index (κ1) is 28.4. The van der Waals surface area contributed by atoms with Gasteiger partial charge in [-0.1, -0.05) is 78.0 Å². The molecule has 4 rings (SSSR count). The van der Waals surface area contributed by atoms with Crippen LogP contribution in [0.4, 0.5) is 0 Å². The minimum atomic E-state index is -1.11. The quantitative estimate of drug-likeness (QED) is 0.271. The van der Waals surface area contributed by atoms with Crippen LogP contribution in [0.5, 0.6) is 0 Å². The topological polar surface area (TPSA) is 66.8 Å². The Kier molecular flexibility index (Phi) is 9.66. The van der Waals surface area contributed by atoms with Crippen molar-refractivity contribution in [3.8, 4) is 0 Å². The number of aliphatic carboxylic acids is 1. The van der Waals surface area contributed by atoms with Crippen LogP contribution >= 0.6 is 33.7 Å². The molecule has 0 radical (unpaired) electrons. The van der Waals surface area contributed by atoms with Crippen LogP contribution < -0.4 is 0 Å². The lowest BCUT2D eigenvalue weighted by atomic mass is 9.89. The number of ether oxygens (including phenoxy) is 1. The van der Waals surface area contributed by atoms with E-state index in [-0.39, 0.29) is 22.4 Å². The van der Waals surface area contributed by atoms with E-state index in [1.807, 2.05) is 60.4 Å². The van der Waals surface area contributed by atoms with Crippen molar-refractivity contribution in [3.63, 3.8) is 0 Å². The standard InChI is InChI=1S/C30H31Cl2NO4S/c1-3-24(19-38(4-2)25-11-6-5-7-12-25)33-28(20-13-15-22(31)16-14-20)29(21-9-8-10-23(32)17-21)37-26(30(33)36)18-27(34)35/h4-17,24,26,28-29H,3,18-19H2,1-2H3,(H,34,35)/t24?,26?,28-,29?,38?/m1/s1. The summed E-state index contributed by atoms with van der Waals surface area (Å²) in [7, 11) is -0.216. The van der Waals surface area contributed by atoms with E-state index in [4.69, 9.17) is 27.9 Å². The lowest BCUT2D eigenvalue weighted by molar-refractivity contribution is -0.182. The number of carbonyl (C=O) groups is 2. The van der Waals surface area contributed by atoms with Crippen molar-refractivity contribution in [1.29, 1.82) is 0 Å². The maximum absolute atomic E-state index is 14.0. The van der Waals surface area contributed by atoms with E-state index in [9.17, 15) is 14.7 Å². The molecular formula is C30H31Cl2NO4S. The van der Waals surface area contributed by atoms with Gasteiger partial charge >= 0.3 is 5.97 Å². The first-order chi connectivity index (χ1) is 18.3. The van der Waals surface area contributed by atoms with Gasteiger partial charge in [-0.25, -0.2) is 0 Å². The lowest BCUT2D eigenvalue weighted by Gasteiger charge is -2.48. The van der Waals surface area contributed by atoms with Crippen molar-refractivity contribution < 1.29 is 19.4 Å². The van der Waals surface area contributed by atoms with E-state index in [1.165, 1.54) is 4.90 Å². The van der Waals surface area contributed by atoms with Crippen molar-refractivity contribution in [1.82, 2.24) is 4.90 Å². The second-order valence-electron chi connectivity index (χ2n) is 9.15. The third kappa shape index (κ3) is 6.49. The number of hydrogen-bond acceptors (Lipinski definition) is 3. The van der Waals surface area contributed by atoms with Gasteiger partial charge in [-0.05, 0) is 60.9 Å². The number of morpholine rings is 1. The van der Waals surface area contributed by atoms with Crippen molar-refractivity contribution in [3.05, 3.63) is 100 Å². The van der Waals surface area contributed by atoms with E-state index in [1.54, 1.807) is 18.2 Å². The number of rotatable bonds is 9. The van der Waals surface area contributed by atoms with Crippen molar-refractivity contribution >= 4 is 50.9 Å². The van der Waals surface area contributed by atoms with Gasteiger partial charge in [0.15, 0.2) is 0 Å². The largest absolute Gasteiger partial charge is 0.481 e. The lowest BCUT2D eigenvalue weighted by Crippen LogP contribution is -2.55. The first-order valence-corrected chi connectivity index (χ1v) is 14.8. The highest BCUT2D eigenvalue weighted by atomic mass is 35.5. The monoisotopic (exact) mass is 571 g/mol. The molecule has 1 amide bonds. The van der Waals surface area contributed by atoms with Crippen molar-refractivity contribution in [2.75, 3.05) is 5.75 Å². The van der Waals surface area contributed by atoms with Crippen molar-refractivity contribution in [2.24, 2.45) is 0 Å². The molecule has 1 fully saturated rings. The fraction of sp³-hybridized carbons (Fsp3) is 0.300. The Bertz CT molecular complexity index is 1300. The van der Waals surface area contributed by atoms with Gasteiger partial charge in [-0.2, -0.15) is 10.5 Å². The molecule has 0 saturated carbocycles. The number of carbonyl (C=O) groups excluding carboxylic acids is 1. The van der Waals surface area contributed by atoms with E-state index in [0.29, 0.717) is 16.5 Å². The van der Waals surface area contributed by atoms with Gasteiger partial charge in [0.2, 0.25) is 0 Å². The van der Waals surface area contributed by atoms with Crippen LogP contribution in [0.3, 0.4) is 0 Å². The predicted molar refractivity (Wildman–Crippen MR) is 155 cm³/mol. The molecule has 3 aromatic rings. The average molecular weight is 573 g/mol. The van der Waals surface area contributed by atoms with Gasteiger partial charge < -0.3 is 14.7 Å². The number of carboxylic acids is 1. The fourth-order valence-electron chi connectivity index (χ4n) is 4.93. The van der Waals surface area contributed by atoms with Gasteiger partial charge in [-0.15, -0.1) is 0 Å². The van der Waals surface area contributed by atoms with Crippen LogP contribution in [0, 0.1) is 0 Å². The van der Waals surface area contributed by atoms with Crippen LogP contribution in [0.1, 0.15) is 50.0 Å². The summed E-state index contributed by atoms with van der Waals surface area (Å²) in [5.74, 6) is -0.684. The molecule has 4 unspecified atom stereocenters. The molecule has 0 bridgehead atoms. The zero-order valence-corrected chi connectivity index (χ0v) is 23.6. The molecule has 5 nitrogen and oxygen atoms in total. The van der Waals surface area contributed by atoms with E-state index < -0.39 is 30.6 Å². The normalized spacial score (nSPS) is 21.3. The van der Waals surface area contributed by atoms with E-state index >= 15 is 0 Å². The van der Waals surface area contributed by atoms with Gasteiger partial charge in [-0.3, -0.25) is 9.59 Å². The fourth-order valence-corrected chi connectivity index (χ4v) is 7.22. The highest BCUT2D eigenvalue weighted by Gasteiger charge is 2.47. The summed E-state index contributed by atoms with van der Waals surface area (Å²) in [4.78, 5) is 28.9. The Morgan fingerprint density at radius 2 is 1.74 bits per heavy atom. The molecule has 5 atom stereocenters. The summed E-state index contributed by atoms with van der Waals surface area (Å²) in [6.45, 7) is 4.11. The molecule has 0 spiro atoms. The maximum Gasteiger partial charge on any atom is 0.306 e. The number of hydrogen-bond donors (Lipinski definition) is 1. The molecule has 8 heteroatoms. The molecule has 38 heavy (non-hydrogen) atoms. The number of nitrogens with zero attached hydrogens (tertiary/aromatic N) is 1. The summed E-state index contributed by atoms with van der Waals surface area (Å²) in [6.07, 6.45) is -1.45. The predicted octanol–water partition coefficient (Wildman–Crippen LogP) is 7.41. The highest BCUT2D eigenvalue weighted by molar-refractivity contribution is 8.15. The Morgan fingerprint density at radius 3 is 2.34 bits per heavy atom. The number of amides is 1. The van der Waals surface area contributed by atoms with Gasteiger partial charge in [0.05, 0.1) is 12.5 Å². The van der Waals surface area contributed by atoms with Gasteiger partial charge in [0.1, 0.15) is 12.2 Å². The van der Waals surface area contributed by atoms with Gasteiger partial charge in [0, 0.05) is 26.7 Å². The second kappa shape index (κ2) is 12.9. The Labute approximate surface area is 236 Å². The Hall–Kier alpha value is -2.64. The van der Waals surface area contributed by atoms with Crippen LogP contribution in [-0.4, -0.2) is 45.1 Å². The molecule has 1 heterocycles. The molecule has 200 valence electrons. The van der Waals surface area contributed by atoms with E-state index in [0.717, 1.165) is 16.9 Å². The number of halogens is 2. The molecule has 0 aliphatic carbocycles. The summed E-state index contributed by atoms with van der Waals surface area (Å²) < 4.78 is 6.32. The zero-order valence-electron chi connectivity index (χ0n) is 21.3. The molecular weight excluding hydrogens is 541 g/mol. The summed E-state index contributed by atoms with van der Waals surface area (Å²) in [5.41, 5.74) is 1.64. The van der Waals surface area contributed by atoms with Crippen LogP contribution in [-0.2, 0) is 14.3 Å². The Balaban J connectivity index is 1.84.